The fraction of sp³-hybridized carbons (Fsp3) is 0.400. The molecule has 138 valence electrons. The van der Waals surface area contributed by atoms with Gasteiger partial charge in [0.15, 0.2) is 11.3 Å². The number of rotatable bonds is 5. The van der Waals surface area contributed by atoms with Crippen molar-refractivity contribution in [1.82, 2.24) is 5.32 Å². The normalized spacial score (nSPS) is 16.5. The molecule has 1 N–H and O–H groups in total. The zero-order valence-corrected chi connectivity index (χ0v) is 15.0. The lowest BCUT2D eigenvalue weighted by Gasteiger charge is -2.34. The number of nitrogens with one attached hydrogen (secondary N) is 1. The fourth-order valence-corrected chi connectivity index (χ4v) is 3.47. The van der Waals surface area contributed by atoms with Gasteiger partial charge in [-0.15, -0.1) is 0 Å². The predicted molar refractivity (Wildman–Crippen MR) is 97.8 cm³/mol. The van der Waals surface area contributed by atoms with Gasteiger partial charge in [-0.05, 0) is 31.1 Å². The molecular formula is C20H23NO5. The molecule has 1 aromatic heterocycles. The Hall–Kier alpha value is -2.76. The summed E-state index contributed by atoms with van der Waals surface area (Å²) in [5.74, 6) is 0.450. The summed E-state index contributed by atoms with van der Waals surface area (Å²) in [5, 5.41) is 3.73. The second-order valence-electron chi connectivity index (χ2n) is 6.48. The molecule has 0 saturated heterocycles. The van der Waals surface area contributed by atoms with Crippen LogP contribution in [0.4, 0.5) is 0 Å². The lowest BCUT2D eigenvalue weighted by atomic mass is 9.81. The number of hydrogen-bond acceptors (Lipinski definition) is 5. The Balaban J connectivity index is 1.75. The third kappa shape index (κ3) is 3.59. The molecule has 1 fully saturated rings. The van der Waals surface area contributed by atoms with E-state index in [1.807, 2.05) is 24.3 Å². The summed E-state index contributed by atoms with van der Waals surface area (Å²) < 4.78 is 15.9. The number of benzene rings is 1. The summed E-state index contributed by atoms with van der Waals surface area (Å²) >= 11 is 0. The molecule has 0 radical (unpaired) electrons. The highest BCUT2D eigenvalue weighted by Gasteiger charge is 2.41. The van der Waals surface area contributed by atoms with Gasteiger partial charge in [-0.1, -0.05) is 31.4 Å². The van der Waals surface area contributed by atoms with Crippen molar-refractivity contribution in [3.63, 3.8) is 0 Å². The van der Waals surface area contributed by atoms with Crippen LogP contribution in [0.25, 0.3) is 17.0 Å². The van der Waals surface area contributed by atoms with Gasteiger partial charge >= 0.3 is 5.97 Å². The molecule has 0 atom stereocenters. The predicted octanol–water partition coefficient (Wildman–Crippen LogP) is 3.45. The quantitative estimate of drug-likeness (QED) is 0.655. The van der Waals surface area contributed by atoms with Crippen LogP contribution in [-0.4, -0.2) is 31.6 Å². The average Bonchev–Trinajstić information content (AvgIpc) is 3.09. The zero-order valence-electron chi connectivity index (χ0n) is 15.0. The molecule has 2 aromatic rings. The number of hydrogen-bond donors (Lipinski definition) is 1. The third-order valence-electron chi connectivity index (χ3n) is 4.79. The molecule has 0 spiro atoms. The highest BCUT2D eigenvalue weighted by molar-refractivity contribution is 5.96. The molecule has 26 heavy (non-hydrogen) atoms. The minimum absolute atomic E-state index is 0.343. The van der Waals surface area contributed by atoms with E-state index in [1.165, 1.54) is 13.2 Å². The Labute approximate surface area is 152 Å². The maximum atomic E-state index is 12.4. The first kappa shape index (κ1) is 18.0. The van der Waals surface area contributed by atoms with E-state index in [9.17, 15) is 9.59 Å². The molecule has 3 rings (SSSR count). The maximum Gasteiger partial charge on any atom is 0.331 e. The van der Waals surface area contributed by atoms with Gasteiger partial charge in [0.05, 0.1) is 14.2 Å². The van der Waals surface area contributed by atoms with Crippen molar-refractivity contribution in [3.05, 3.63) is 36.1 Å². The molecule has 0 aliphatic heterocycles. The maximum absolute atomic E-state index is 12.4. The van der Waals surface area contributed by atoms with Crippen LogP contribution in [0.15, 0.2) is 34.8 Å². The van der Waals surface area contributed by atoms with Gasteiger partial charge in [0, 0.05) is 11.5 Å². The van der Waals surface area contributed by atoms with Crippen molar-refractivity contribution >= 4 is 28.9 Å². The van der Waals surface area contributed by atoms with Gasteiger partial charge in [0.1, 0.15) is 11.3 Å². The van der Waals surface area contributed by atoms with Crippen LogP contribution in [0.2, 0.25) is 0 Å². The van der Waals surface area contributed by atoms with Crippen LogP contribution < -0.4 is 10.1 Å². The molecule has 1 saturated carbocycles. The standard InChI is InChI=1S/C20H23NO5/c1-24-16-8-6-7-14-13-15(26-18(14)16)9-10-17(22)21-20(19(23)25-2)11-4-3-5-12-20/h6-10,13H,3-5,11-12H2,1-2H3,(H,21,22)/b10-9+. The first-order chi connectivity index (χ1) is 12.6. The van der Waals surface area contributed by atoms with Crippen LogP contribution in [-0.2, 0) is 14.3 Å². The second-order valence-corrected chi connectivity index (χ2v) is 6.48. The van der Waals surface area contributed by atoms with Crippen LogP contribution in [0, 0.1) is 0 Å². The Bertz CT molecular complexity index is 830. The number of carbonyl (C=O) groups is 2. The highest BCUT2D eigenvalue weighted by Crippen LogP contribution is 2.30. The number of ether oxygens (including phenoxy) is 2. The van der Waals surface area contributed by atoms with Crippen molar-refractivity contribution in [2.24, 2.45) is 0 Å². The second kappa shape index (κ2) is 7.64. The fourth-order valence-electron chi connectivity index (χ4n) is 3.47. The molecule has 0 unspecified atom stereocenters. The van der Waals surface area contributed by atoms with Crippen molar-refractivity contribution in [3.8, 4) is 5.75 Å². The van der Waals surface area contributed by atoms with E-state index in [-0.39, 0.29) is 11.9 Å². The third-order valence-corrected chi connectivity index (χ3v) is 4.79. The number of methoxy groups -OCH3 is 2. The van der Waals surface area contributed by atoms with Crippen molar-refractivity contribution in [1.29, 1.82) is 0 Å². The topological polar surface area (TPSA) is 77.8 Å². The number of esters is 1. The first-order valence-corrected chi connectivity index (χ1v) is 8.73. The number of para-hydroxylation sites is 1. The number of furan rings is 1. The highest BCUT2D eigenvalue weighted by atomic mass is 16.5. The SMILES string of the molecule is COC(=O)C1(NC(=O)/C=C/c2cc3cccc(OC)c3o2)CCCCC1. The Kier molecular flexibility index (Phi) is 5.30. The average molecular weight is 357 g/mol. The summed E-state index contributed by atoms with van der Waals surface area (Å²) in [6.45, 7) is 0. The van der Waals surface area contributed by atoms with Gasteiger partial charge in [-0.2, -0.15) is 0 Å². The molecule has 1 heterocycles. The molecule has 0 bridgehead atoms. The Morgan fingerprint density at radius 2 is 1.96 bits per heavy atom. The van der Waals surface area contributed by atoms with Crippen LogP contribution in [0.3, 0.4) is 0 Å². The molecule has 6 nitrogen and oxygen atoms in total. The lowest BCUT2D eigenvalue weighted by Crippen LogP contribution is -2.55. The van der Waals surface area contributed by atoms with Gasteiger partial charge in [-0.3, -0.25) is 4.79 Å². The van der Waals surface area contributed by atoms with E-state index in [2.05, 4.69) is 5.32 Å². The lowest BCUT2D eigenvalue weighted by molar-refractivity contribution is -0.152. The summed E-state index contributed by atoms with van der Waals surface area (Å²) in [6, 6.07) is 7.43. The van der Waals surface area contributed by atoms with Gasteiger partial charge < -0.3 is 19.2 Å². The van der Waals surface area contributed by atoms with E-state index in [4.69, 9.17) is 13.9 Å². The van der Waals surface area contributed by atoms with E-state index < -0.39 is 5.54 Å². The molecule has 6 heteroatoms. The first-order valence-electron chi connectivity index (χ1n) is 8.73. The largest absolute Gasteiger partial charge is 0.493 e. The summed E-state index contributed by atoms with van der Waals surface area (Å²) in [7, 11) is 2.93. The minimum Gasteiger partial charge on any atom is -0.493 e. The van der Waals surface area contributed by atoms with Crippen molar-refractivity contribution in [2.75, 3.05) is 14.2 Å². The molecule has 1 aliphatic carbocycles. The van der Waals surface area contributed by atoms with Crippen LogP contribution >= 0.6 is 0 Å². The van der Waals surface area contributed by atoms with Crippen LogP contribution in [0.1, 0.15) is 37.9 Å². The molecular weight excluding hydrogens is 334 g/mol. The van der Waals surface area contributed by atoms with E-state index in [0.29, 0.717) is 29.9 Å². The van der Waals surface area contributed by atoms with Gasteiger partial charge in [0.2, 0.25) is 5.91 Å². The zero-order chi connectivity index (χ0) is 18.6. The number of fused-ring (bicyclic) bond motifs is 1. The van der Waals surface area contributed by atoms with Crippen molar-refractivity contribution in [2.45, 2.75) is 37.6 Å². The Morgan fingerprint density at radius 3 is 2.65 bits per heavy atom. The van der Waals surface area contributed by atoms with E-state index in [0.717, 1.165) is 24.6 Å². The smallest absolute Gasteiger partial charge is 0.331 e. The van der Waals surface area contributed by atoms with Gasteiger partial charge in [-0.25, -0.2) is 4.79 Å². The van der Waals surface area contributed by atoms with E-state index in [1.54, 1.807) is 13.2 Å². The van der Waals surface area contributed by atoms with Crippen LogP contribution in [0.5, 0.6) is 5.75 Å². The van der Waals surface area contributed by atoms with Gasteiger partial charge in [0.25, 0.3) is 0 Å². The summed E-state index contributed by atoms with van der Waals surface area (Å²) in [5.41, 5.74) is -0.292. The monoisotopic (exact) mass is 357 g/mol. The van der Waals surface area contributed by atoms with Crippen molar-refractivity contribution < 1.29 is 23.5 Å². The minimum atomic E-state index is -0.925. The number of carbonyl (C=O) groups excluding carboxylic acids is 2. The molecule has 1 aliphatic rings. The molecule has 1 aromatic carbocycles. The number of amides is 1. The Morgan fingerprint density at radius 1 is 1.19 bits per heavy atom. The molecule has 1 amide bonds. The van der Waals surface area contributed by atoms with E-state index >= 15 is 0 Å². The summed E-state index contributed by atoms with van der Waals surface area (Å²) in [4.78, 5) is 24.6. The summed E-state index contributed by atoms with van der Waals surface area (Å²) in [6.07, 6.45) is 7.00.